The van der Waals surface area contributed by atoms with Crippen molar-refractivity contribution in [1.29, 1.82) is 0 Å². The quantitative estimate of drug-likeness (QED) is 0.863. The first-order valence-electron chi connectivity index (χ1n) is 7.40. The maximum Gasteiger partial charge on any atom is 0.123 e. The van der Waals surface area contributed by atoms with Crippen molar-refractivity contribution in [2.45, 2.75) is 32.5 Å². The van der Waals surface area contributed by atoms with Gasteiger partial charge in [0.1, 0.15) is 5.75 Å². The number of nitrogens with zero attached hydrogens (tertiary/aromatic N) is 1. The van der Waals surface area contributed by atoms with Gasteiger partial charge in [-0.15, -0.1) is 0 Å². The Morgan fingerprint density at radius 2 is 2.30 bits per heavy atom. The van der Waals surface area contributed by atoms with Crippen molar-refractivity contribution in [2.24, 2.45) is 0 Å². The maximum absolute atomic E-state index is 5.58. The Morgan fingerprint density at radius 1 is 1.45 bits per heavy atom. The van der Waals surface area contributed by atoms with Crippen LogP contribution >= 0.6 is 0 Å². The summed E-state index contributed by atoms with van der Waals surface area (Å²) >= 11 is 0. The Kier molecular flexibility index (Phi) is 5.83. The summed E-state index contributed by atoms with van der Waals surface area (Å²) in [5, 5.41) is 3.20. The van der Waals surface area contributed by atoms with Gasteiger partial charge in [-0.3, -0.25) is 4.90 Å². The van der Waals surface area contributed by atoms with E-state index >= 15 is 0 Å². The smallest absolute Gasteiger partial charge is 0.123 e. The fraction of sp³-hybridized carbons (Fsp3) is 0.625. The van der Waals surface area contributed by atoms with Crippen molar-refractivity contribution < 1.29 is 9.47 Å². The van der Waals surface area contributed by atoms with Crippen molar-refractivity contribution in [1.82, 2.24) is 10.2 Å². The van der Waals surface area contributed by atoms with Gasteiger partial charge in [-0.1, -0.05) is 13.0 Å². The van der Waals surface area contributed by atoms with Crippen molar-refractivity contribution in [2.75, 3.05) is 33.9 Å². The lowest BCUT2D eigenvalue weighted by Gasteiger charge is -2.35. The van der Waals surface area contributed by atoms with Gasteiger partial charge in [0.15, 0.2) is 0 Å². The second kappa shape index (κ2) is 7.62. The van der Waals surface area contributed by atoms with Gasteiger partial charge < -0.3 is 14.8 Å². The highest BCUT2D eigenvalue weighted by Crippen LogP contribution is 2.24. The van der Waals surface area contributed by atoms with E-state index < -0.39 is 0 Å². The first kappa shape index (κ1) is 15.3. The standard InChI is InChI=1S/C16H26N2O2/c1-4-15-12-20-8-7-18(15)11-14-9-13(10-17-2)5-6-16(14)19-3/h5-6,9,15,17H,4,7-8,10-12H2,1-3H3. The van der Waals surface area contributed by atoms with Gasteiger partial charge in [0, 0.05) is 31.2 Å². The molecule has 4 nitrogen and oxygen atoms in total. The molecule has 4 heteroatoms. The third-order valence-electron chi connectivity index (χ3n) is 3.92. The zero-order valence-corrected chi connectivity index (χ0v) is 12.8. The minimum atomic E-state index is 0.515. The van der Waals surface area contributed by atoms with Gasteiger partial charge in [0.25, 0.3) is 0 Å². The Labute approximate surface area is 122 Å². The van der Waals surface area contributed by atoms with E-state index in [0.717, 1.165) is 45.0 Å². The topological polar surface area (TPSA) is 33.7 Å². The summed E-state index contributed by atoms with van der Waals surface area (Å²) in [5.41, 5.74) is 2.56. The molecule has 1 aliphatic heterocycles. The fourth-order valence-corrected chi connectivity index (χ4v) is 2.76. The van der Waals surface area contributed by atoms with Gasteiger partial charge in [-0.25, -0.2) is 0 Å². The van der Waals surface area contributed by atoms with Gasteiger partial charge in [0.05, 0.1) is 20.3 Å². The summed E-state index contributed by atoms with van der Waals surface area (Å²) < 4.78 is 11.1. The van der Waals surface area contributed by atoms with Crippen LogP contribution in [0.25, 0.3) is 0 Å². The molecular weight excluding hydrogens is 252 g/mol. The molecule has 1 N–H and O–H groups in total. The van der Waals surface area contributed by atoms with Crippen molar-refractivity contribution in [3.63, 3.8) is 0 Å². The minimum absolute atomic E-state index is 0.515. The molecule has 0 spiro atoms. The molecule has 1 unspecified atom stereocenters. The molecule has 0 radical (unpaired) electrons. The zero-order chi connectivity index (χ0) is 14.4. The van der Waals surface area contributed by atoms with Crippen LogP contribution in [0.15, 0.2) is 18.2 Å². The van der Waals surface area contributed by atoms with Crippen LogP contribution in [0.1, 0.15) is 24.5 Å². The molecule has 0 aromatic heterocycles. The number of nitrogens with one attached hydrogen (secondary N) is 1. The molecule has 1 saturated heterocycles. The molecule has 112 valence electrons. The molecule has 2 rings (SSSR count). The average molecular weight is 278 g/mol. The lowest BCUT2D eigenvalue weighted by atomic mass is 10.1. The number of hydrogen-bond donors (Lipinski definition) is 1. The van der Waals surface area contributed by atoms with Crippen LogP contribution < -0.4 is 10.1 Å². The largest absolute Gasteiger partial charge is 0.496 e. The second-order valence-electron chi connectivity index (χ2n) is 5.28. The molecule has 1 atom stereocenters. The highest BCUT2D eigenvalue weighted by Gasteiger charge is 2.22. The third kappa shape index (κ3) is 3.72. The third-order valence-corrected chi connectivity index (χ3v) is 3.92. The summed E-state index contributed by atoms with van der Waals surface area (Å²) in [7, 11) is 3.71. The summed E-state index contributed by atoms with van der Waals surface area (Å²) in [6.07, 6.45) is 1.12. The van der Waals surface area contributed by atoms with Gasteiger partial charge in [-0.05, 0) is 31.2 Å². The Hall–Kier alpha value is -1.10. The van der Waals surface area contributed by atoms with Crippen molar-refractivity contribution in [3.8, 4) is 5.75 Å². The van der Waals surface area contributed by atoms with Crippen LogP contribution in [0.5, 0.6) is 5.75 Å². The highest BCUT2D eigenvalue weighted by atomic mass is 16.5. The van der Waals surface area contributed by atoms with E-state index in [1.807, 2.05) is 7.05 Å². The zero-order valence-electron chi connectivity index (χ0n) is 12.8. The first-order valence-corrected chi connectivity index (χ1v) is 7.40. The summed E-state index contributed by atoms with van der Waals surface area (Å²) in [5.74, 6) is 0.978. The minimum Gasteiger partial charge on any atom is -0.496 e. The van der Waals surface area contributed by atoms with Crippen molar-refractivity contribution >= 4 is 0 Å². The van der Waals surface area contributed by atoms with E-state index in [4.69, 9.17) is 9.47 Å². The van der Waals surface area contributed by atoms with Crippen LogP contribution in [0.2, 0.25) is 0 Å². The van der Waals surface area contributed by atoms with Crippen LogP contribution in [0, 0.1) is 0 Å². The van der Waals surface area contributed by atoms with E-state index in [9.17, 15) is 0 Å². The lowest BCUT2D eigenvalue weighted by Crippen LogP contribution is -2.44. The Morgan fingerprint density at radius 3 is 3.00 bits per heavy atom. The van der Waals surface area contributed by atoms with E-state index in [1.165, 1.54) is 11.1 Å². The number of methoxy groups -OCH3 is 1. The lowest BCUT2D eigenvalue weighted by molar-refractivity contribution is -0.0130. The van der Waals surface area contributed by atoms with Crippen LogP contribution in [-0.2, 0) is 17.8 Å². The molecule has 0 saturated carbocycles. The maximum atomic E-state index is 5.58. The first-order chi connectivity index (χ1) is 9.78. The van der Waals surface area contributed by atoms with Crippen molar-refractivity contribution in [3.05, 3.63) is 29.3 Å². The van der Waals surface area contributed by atoms with E-state index in [0.29, 0.717) is 6.04 Å². The SMILES string of the molecule is CCC1COCCN1Cc1cc(CNC)ccc1OC. The molecule has 1 aliphatic rings. The highest BCUT2D eigenvalue weighted by molar-refractivity contribution is 5.37. The summed E-state index contributed by atoms with van der Waals surface area (Å²) in [4.78, 5) is 2.50. The summed E-state index contributed by atoms with van der Waals surface area (Å²) in [6, 6.07) is 6.96. The second-order valence-corrected chi connectivity index (χ2v) is 5.28. The molecule has 1 aromatic rings. The van der Waals surface area contributed by atoms with Gasteiger partial charge in [0.2, 0.25) is 0 Å². The van der Waals surface area contributed by atoms with Crippen LogP contribution in [0.4, 0.5) is 0 Å². The van der Waals surface area contributed by atoms with Gasteiger partial charge >= 0.3 is 0 Å². The number of rotatable bonds is 6. The van der Waals surface area contributed by atoms with E-state index in [1.54, 1.807) is 7.11 Å². The Bertz CT molecular complexity index is 423. The average Bonchev–Trinajstić information content (AvgIpc) is 2.48. The van der Waals surface area contributed by atoms with E-state index in [-0.39, 0.29) is 0 Å². The predicted molar refractivity (Wildman–Crippen MR) is 81.1 cm³/mol. The van der Waals surface area contributed by atoms with E-state index in [2.05, 4.69) is 35.3 Å². The number of hydrogen-bond acceptors (Lipinski definition) is 4. The fourth-order valence-electron chi connectivity index (χ4n) is 2.76. The Balaban J connectivity index is 2.15. The number of benzene rings is 1. The normalized spacial score (nSPS) is 20.1. The molecule has 20 heavy (non-hydrogen) atoms. The predicted octanol–water partition coefficient (Wildman–Crippen LogP) is 2.03. The molecule has 0 amide bonds. The monoisotopic (exact) mass is 278 g/mol. The van der Waals surface area contributed by atoms with Gasteiger partial charge in [-0.2, -0.15) is 0 Å². The number of morpholine rings is 1. The molecule has 1 heterocycles. The molecule has 0 bridgehead atoms. The molecule has 0 aliphatic carbocycles. The number of ether oxygens (including phenoxy) is 2. The van der Waals surface area contributed by atoms with Crippen LogP contribution in [-0.4, -0.2) is 44.9 Å². The molecular formula is C16H26N2O2. The van der Waals surface area contributed by atoms with Crippen LogP contribution in [0.3, 0.4) is 0 Å². The molecule has 1 fully saturated rings. The molecule has 1 aromatic carbocycles. The summed E-state index contributed by atoms with van der Waals surface area (Å²) in [6.45, 7) is 6.71.